The number of hydrogen-bond donors (Lipinski definition) is 2. The highest BCUT2D eigenvalue weighted by Gasteiger charge is 2.37. The maximum absolute atomic E-state index is 11.6. The van der Waals surface area contributed by atoms with E-state index >= 15 is 0 Å². The average Bonchev–Trinajstić information content (AvgIpc) is 2.16. The van der Waals surface area contributed by atoms with Gasteiger partial charge >= 0.3 is 5.97 Å². The van der Waals surface area contributed by atoms with Crippen LogP contribution in [0, 0.1) is 6.92 Å². The fourth-order valence-corrected chi connectivity index (χ4v) is 2.07. The number of aliphatic hydroxyl groups is 1. The molecular formula is C10H12O6S. The van der Waals surface area contributed by atoms with Gasteiger partial charge in [-0.3, -0.25) is 0 Å². The summed E-state index contributed by atoms with van der Waals surface area (Å²) in [5.74, 6) is -4.57. The Morgan fingerprint density at radius 2 is 1.76 bits per heavy atom. The van der Waals surface area contributed by atoms with Gasteiger partial charge in [0.25, 0.3) is 15.9 Å². The third kappa shape index (κ3) is 3.26. The van der Waals surface area contributed by atoms with Crippen LogP contribution in [0.2, 0.25) is 0 Å². The Kier molecular flexibility index (Phi) is 3.56. The van der Waals surface area contributed by atoms with Crippen molar-refractivity contribution in [1.29, 1.82) is 0 Å². The zero-order chi connectivity index (χ0) is 13.3. The predicted octanol–water partition coefficient (Wildman–Crippen LogP) is 0.493. The topological polar surface area (TPSA) is 101 Å². The second-order valence-electron chi connectivity index (χ2n) is 3.64. The van der Waals surface area contributed by atoms with E-state index in [-0.39, 0.29) is 4.90 Å². The van der Waals surface area contributed by atoms with E-state index in [1.165, 1.54) is 24.3 Å². The van der Waals surface area contributed by atoms with Gasteiger partial charge in [-0.05, 0) is 19.1 Å². The Bertz CT molecular complexity index is 514. The van der Waals surface area contributed by atoms with Crippen molar-refractivity contribution in [2.75, 3.05) is 0 Å². The lowest BCUT2D eigenvalue weighted by Gasteiger charge is -2.17. The number of carbonyl (C=O) groups is 1. The first-order valence-electron chi connectivity index (χ1n) is 4.63. The van der Waals surface area contributed by atoms with E-state index < -0.39 is 21.9 Å². The molecule has 1 unspecified atom stereocenters. The highest BCUT2D eigenvalue weighted by atomic mass is 32.2. The highest BCUT2D eigenvalue weighted by molar-refractivity contribution is 7.86. The molecule has 0 saturated heterocycles. The van der Waals surface area contributed by atoms with Crippen molar-refractivity contribution in [2.24, 2.45) is 0 Å². The van der Waals surface area contributed by atoms with Gasteiger partial charge in [-0.15, -0.1) is 0 Å². The molecule has 17 heavy (non-hydrogen) atoms. The maximum Gasteiger partial charge on any atom is 0.365 e. The van der Waals surface area contributed by atoms with Crippen molar-refractivity contribution in [3.8, 4) is 0 Å². The summed E-state index contributed by atoms with van der Waals surface area (Å²) in [6.07, 6.45) is 0. The Morgan fingerprint density at radius 3 is 2.18 bits per heavy atom. The van der Waals surface area contributed by atoms with Crippen molar-refractivity contribution in [1.82, 2.24) is 0 Å². The van der Waals surface area contributed by atoms with Crippen LogP contribution in [0.4, 0.5) is 0 Å². The molecule has 2 N–H and O–H groups in total. The normalized spacial score (nSPS) is 15.2. The minimum atomic E-state index is -4.31. The second kappa shape index (κ2) is 4.44. The third-order valence-electron chi connectivity index (χ3n) is 1.98. The van der Waals surface area contributed by atoms with E-state index in [9.17, 15) is 18.3 Å². The number of rotatable bonds is 4. The van der Waals surface area contributed by atoms with Crippen molar-refractivity contribution in [3.63, 3.8) is 0 Å². The van der Waals surface area contributed by atoms with E-state index in [1.807, 2.05) is 0 Å². The summed E-state index contributed by atoms with van der Waals surface area (Å²) in [5, 5.41) is 17.8. The molecule has 0 aliphatic carbocycles. The molecule has 1 rings (SSSR count). The molecule has 0 bridgehead atoms. The summed E-state index contributed by atoms with van der Waals surface area (Å²) in [5.41, 5.74) is 0.842. The van der Waals surface area contributed by atoms with Gasteiger partial charge in [0.2, 0.25) is 0 Å². The molecule has 0 heterocycles. The SMILES string of the molecule is Cc1ccc(S(=O)(=O)OC(C)(O)C(=O)O)cc1. The Hall–Kier alpha value is -1.44. The largest absolute Gasteiger partial charge is 0.477 e. The molecule has 0 amide bonds. The van der Waals surface area contributed by atoms with E-state index in [0.717, 1.165) is 12.5 Å². The molecule has 1 aromatic rings. The van der Waals surface area contributed by atoms with Crippen LogP contribution >= 0.6 is 0 Å². The molecule has 1 atom stereocenters. The minimum Gasteiger partial charge on any atom is -0.477 e. The first-order chi connectivity index (χ1) is 7.65. The smallest absolute Gasteiger partial charge is 0.365 e. The van der Waals surface area contributed by atoms with Crippen LogP contribution in [0.1, 0.15) is 12.5 Å². The number of aryl methyl sites for hydroxylation is 1. The lowest BCUT2D eigenvalue weighted by atomic mass is 10.2. The average molecular weight is 260 g/mol. The summed E-state index contributed by atoms with van der Waals surface area (Å²) in [6.45, 7) is 2.51. The molecule has 7 heteroatoms. The standard InChI is InChI=1S/C10H12O6S/c1-7-3-5-8(6-4-7)17(14,15)16-10(2,13)9(11)12/h3-6,13H,1-2H3,(H,11,12). The summed E-state index contributed by atoms with van der Waals surface area (Å²) in [6, 6.07) is 5.60. The summed E-state index contributed by atoms with van der Waals surface area (Å²) < 4.78 is 27.5. The number of carboxylic acids is 1. The van der Waals surface area contributed by atoms with Crippen LogP contribution in [0.3, 0.4) is 0 Å². The third-order valence-corrected chi connectivity index (χ3v) is 3.37. The molecule has 0 radical (unpaired) electrons. The van der Waals surface area contributed by atoms with Gasteiger partial charge in [-0.25, -0.2) is 8.98 Å². The first-order valence-corrected chi connectivity index (χ1v) is 6.04. The quantitative estimate of drug-likeness (QED) is 0.603. The van der Waals surface area contributed by atoms with Gasteiger partial charge in [-0.2, -0.15) is 8.42 Å². The molecule has 0 fully saturated rings. The van der Waals surface area contributed by atoms with Gasteiger partial charge in [0.05, 0.1) is 4.90 Å². The Morgan fingerprint density at radius 1 is 1.29 bits per heavy atom. The van der Waals surface area contributed by atoms with E-state index in [2.05, 4.69) is 4.18 Å². The van der Waals surface area contributed by atoms with Gasteiger partial charge < -0.3 is 10.2 Å². The zero-order valence-corrected chi connectivity index (χ0v) is 10.1. The van der Waals surface area contributed by atoms with Gasteiger partial charge in [0.15, 0.2) is 0 Å². The van der Waals surface area contributed by atoms with Crippen LogP contribution < -0.4 is 0 Å². The van der Waals surface area contributed by atoms with Crippen LogP contribution in [0.5, 0.6) is 0 Å². The van der Waals surface area contributed by atoms with Crippen molar-refractivity contribution >= 4 is 16.1 Å². The lowest BCUT2D eigenvalue weighted by Crippen LogP contribution is -2.39. The summed E-state index contributed by atoms with van der Waals surface area (Å²) >= 11 is 0. The van der Waals surface area contributed by atoms with Crippen LogP contribution in [0.15, 0.2) is 29.2 Å². The first kappa shape index (κ1) is 13.6. The van der Waals surface area contributed by atoms with Crippen LogP contribution in [-0.4, -0.2) is 30.4 Å². The van der Waals surface area contributed by atoms with Crippen molar-refractivity contribution < 1.29 is 27.6 Å². The molecule has 0 aliphatic heterocycles. The minimum absolute atomic E-state index is 0.218. The molecule has 0 aromatic heterocycles. The summed E-state index contributed by atoms with van der Waals surface area (Å²) in [7, 11) is -4.31. The second-order valence-corrected chi connectivity index (χ2v) is 5.18. The Labute approximate surface area is 98.6 Å². The number of hydrogen-bond acceptors (Lipinski definition) is 5. The molecule has 6 nitrogen and oxygen atoms in total. The Balaban J connectivity index is 3.05. The van der Waals surface area contributed by atoms with E-state index in [0.29, 0.717) is 0 Å². The van der Waals surface area contributed by atoms with Crippen molar-refractivity contribution in [2.45, 2.75) is 24.5 Å². The molecule has 0 aliphatic rings. The van der Waals surface area contributed by atoms with Gasteiger partial charge in [0.1, 0.15) is 0 Å². The molecule has 0 saturated carbocycles. The van der Waals surface area contributed by atoms with Crippen LogP contribution in [0.25, 0.3) is 0 Å². The highest BCUT2D eigenvalue weighted by Crippen LogP contribution is 2.19. The molecule has 1 aromatic carbocycles. The fraction of sp³-hybridized carbons (Fsp3) is 0.300. The lowest BCUT2D eigenvalue weighted by molar-refractivity contribution is -0.187. The van der Waals surface area contributed by atoms with Gasteiger partial charge in [0, 0.05) is 6.92 Å². The van der Waals surface area contributed by atoms with Crippen molar-refractivity contribution in [3.05, 3.63) is 29.8 Å². The van der Waals surface area contributed by atoms with E-state index in [1.54, 1.807) is 6.92 Å². The fourth-order valence-electron chi connectivity index (χ4n) is 1.00. The number of aliphatic carboxylic acids is 1. The molecule has 94 valence electrons. The van der Waals surface area contributed by atoms with E-state index in [4.69, 9.17) is 5.11 Å². The number of carboxylic acid groups (broad SMARTS) is 1. The molecule has 0 spiro atoms. The summed E-state index contributed by atoms with van der Waals surface area (Å²) in [4.78, 5) is 10.3. The predicted molar refractivity (Wildman–Crippen MR) is 57.7 cm³/mol. The zero-order valence-electron chi connectivity index (χ0n) is 9.25. The maximum atomic E-state index is 11.6. The van der Waals surface area contributed by atoms with Gasteiger partial charge in [-0.1, -0.05) is 17.7 Å². The molecular weight excluding hydrogens is 248 g/mol. The monoisotopic (exact) mass is 260 g/mol. The van der Waals surface area contributed by atoms with Crippen LogP contribution in [-0.2, 0) is 19.1 Å². The number of benzene rings is 1.